The van der Waals surface area contributed by atoms with Crippen molar-refractivity contribution in [3.8, 4) is 0 Å². The fourth-order valence-electron chi connectivity index (χ4n) is 6.35. The highest BCUT2D eigenvalue weighted by molar-refractivity contribution is 7.66. The molecule has 28 nitrogen and oxygen atoms in total. The van der Waals surface area contributed by atoms with Gasteiger partial charge in [0.25, 0.3) is 24.9 Å². The van der Waals surface area contributed by atoms with Crippen molar-refractivity contribution in [2.45, 2.75) is 68.7 Å². The van der Waals surface area contributed by atoms with Crippen molar-refractivity contribution in [3.63, 3.8) is 0 Å². The van der Waals surface area contributed by atoms with Crippen LogP contribution in [0.4, 0.5) is 11.9 Å². The third kappa shape index (κ3) is 7.78. The molecule has 7 rings (SSSR count). The van der Waals surface area contributed by atoms with Crippen molar-refractivity contribution in [1.82, 2.24) is 34.1 Å². The zero-order chi connectivity index (χ0) is 40.0. The van der Waals surface area contributed by atoms with Crippen LogP contribution in [0, 0.1) is 0 Å². The van der Waals surface area contributed by atoms with Gasteiger partial charge in [0, 0.05) is 0 Å². The number of nitrogens with zero attached hydrogens (tertiary/aromatic N) is 6. The molecule has 0 radical (unpaired) electrons. The number of aryl methyl sites for hydroxylation is 1. The second-order valence-corrected chi connectivity index (χ2v) is 17.4. The SMILES string of the molecule is Cn1c[n+]([C@@H]2O[C@H](COP(=O)(O)OP(=O)([O-])OP(=O)(O)OC[C@H]3O[C@@H](n4cnc5c(=O)[nH]c(N)nc54)[C@H](O)[C@@H]3O)[C@@H]3OC(C)(C)O[C@H]32)c2nc(N)[nH]c(=O)c21. The Bertz CT molecular complexity index is 2420. The zero-order valence-corrected chi connectivity index (χ0v) is 31.1. The molecule has 0 saturated carbocycles. The molecule has 11 atom stereocenters. The lowest BCUT2D eigenvalue weighted by molar-refractivity contribution is -0.746. The van der Waals surface area contributed by atoms with Crippen molar-refractivity contribution in [2.24, 2.45) is 7.05 Å². The van der Waals surface area contributed by atoms with E-state index in [0.717, 1.165) is 10.9 Å². The average Bonchev–Trinajstić information content (AvgIpc) is 3.83. The second-order valence-electron chi connectivity index (χ2n) is 12.8. The number of nitrogen functional groups attached to an aromatic ring is 2. The molecule has 0 aromatic carbocycles. The number of aliphatic hydroxyl groups excluding tert-OH is 2. The first-order valence-electron chi connectivity index (χ1n) is 15.7. The highest BCUT2D eigenvalue weighted by Gasteiger charge is 2.58. The number of rotatable bonds is 12. The molecule has 3 saturated heterocycles. The first-order chi connectivity index (χ1) is 25.5. The molecule has 0 spiro atoms. The number of aliphatic hydroxyl groups is 2. The van der Waals surface area contributed by atoms with Gasteiger partial charge in [-0.1, -0.05) is 4.98 Å². The molecular formula is C24H33N10O18P3. The number of imidazole rings is 2. The van der Waals surface area contributed by atoms with E-state index in [9.17, 15) is 48.2 Å². The minimum absolute atomic E-state index is 0.0937. The van der Waals surface area contributed by atoms with Gasteiger partial charge in [-0.3, -0.25) is 42.3 Å². The molecule has 10 N–H and O–H groups in total. The Morgan fingerprint density at radius 1 is 0.945 bits per heavy atom. The summed E-state index contributed by atoms with van der Waals surface area (Å²) in [5.74, 6) is -1.71. The number of anilines is 2. The van der Waals surface area contributed by atoms with Gasteiger partial charge in [0.05, 0.1) is 26.6 Å². The van der Waals surface area contributed by atoms with E-state index in [1.807, 2.05) is 0 Å². The standard InChI is InChI=1S/C24H33N10O18P3/c1-24(2)49-14-9(48-21(15(14)50-24)34-7-32(3)11-17(34)29-23(26)31-19(11)38)5-46-54(41,42)52-55(43,44)51-53(39,40)45-4-8-12(35)13(36)20(47-8)33-6-27-10-16(33)28-22(25)30-18(10)37/h6-9,12-15,20-21,35-36H,4-5H2,1-3H3,(H8-,25,26,28,29,30,31,37,38,39,40,41,42,43,44)/t8-,9-,12-,13-,14+,15-,20-,21-/m1/s1. The minimum Gasteiger partial charge on any atom is -0.756 e. The second kappa shape index (κ2) is 13.8. The van der Waals surface area contributed by atoms with Crippen LogP contribution in [0.5, 0.6) is 0 Å². The predicted octanol–water partition coefficient (Wildman–Crippen LogP) is -3.38. The van der Waals surface area contributed by atoms with Gasteiger partial charge in [0.15, 0.2) is 29.5 Å². The van der Waals surface area contributed by atoms with Crippen molar-refractivity contribution in [3.05, 3.63) is 33.4 Å². The number of H-pyrrole nitrogens is 2. The monoisotopic (exact) mass is 842 g/mol. The Kier molecular flexibility index (Phi) is 9.99. The third-order valence-electron chi connectivity index (χ3n) is 8.46. The topological polar surface area (TPSA) is 399 Å². The van der Waals surface area contributed by atoms with Crippen molar-refractivity contribution < 1.29 is 79.8 Å². The van der Waals surface area contributed by atoms with E-state index in [1.54, 1.807) is 20.9 Å². The van der Waals surface area contributed by atoms with E-state index >= 15 is 0 Å². The number of ether oxygens (including phenoxy) is 4. The summed E-state index contributed by atoms with van der Waals surface area (Å²) in [6.07, 6.45) is -8.43. The molecule has 4 aromatic rings. The fourth-order valence-corrected chi connectivity index (χ4v) is 9.81. The van der Waals surface area contributed by atoms with Crippen LogP contribution in [0.1, 0.15) is 26.3 Å². The number of aromatic nitrogens is 8. The molecule has 3 unspecified atom stereocenters. The molecule has 302 valence electrons. The molecule has 3 aliphatic rings. The summed E-state index contributed by atoms with van der Waals surface area (Å²) in [7, 11) is -16.1. The number of nitrogens with one attached hydrogen (secondary N) is 2. The maximum absolute atomic E-state index is 12.8. The lowest BCUT2D eigenvalue weighted by Crippen LogP contribution is -2.46. The molecule has 0 bridgehead atoms. The van der Waals surface area contributed by atoms with Crippen LogP contribution in [0.2, 0.25) is 0 Å². The number of aromatic amines is 2. The molecule has 0 aliphatic carbocycles. The number of fused-ring (bicyclic) bond motifs is 3. The number of nitrogens with two attached hydrogens (primary N) is 2. The van der Waals surface area contributed by atoms with Crippen LogP contribution in [0.25, 0.3) is 22.3 Å². The van der Waals surface area contributed by atoms with Gasteiger partial charge >= 0.3 is 21.3 Å². The van der Waals surface area contributed by atoms with Crippen LogP contribution < -0.4 is 32.0 Å². The predicted molar refractivity (Wildman–Crippen MR) is 173 cm³/mol. The van der Waals surface area contributed by atoms with Gasteiger partial charge in [-0.15, -0.1) is 0 Å². The molecule has 3 aliphatic heterocycles. The summed E-state index contributed by atoms with van der Waals surface area (Å²) in [4.78, 5) is 74.0. The molecule has 7 heterocycles. The lowest BCUT2D eigenvalue weighted by Gasteiger charge is -2.27. The summed E-state index contributed by atoms with van der Waals surface area (Å²) in [6, 6.07) is 0. The normalized spacial score (nSPS) is 31.1. The van der Waals surface area contributed by atoms with Gasteiger partial charge in [0.1, 0.15) is 36.6 Å². The molecular weight excluding hydrogens is 809 g/mol. The largest absolute Gasteiger partial charge is 0.756 e. The first-order valence-corrected chi connectivity index (χ1v) is 20.2. The van der Waals surface area contributed by atoms with Crippen molar-refractivity contribution in [2.75, 3.05) is 24.7 Å². The summed E-state index contributed by atoms with van der Waals surface area (Å²) in [5, 5.41) is 21.0. The Morgan fingerprint density at radius 2 is 1.55 bits per heavy atom. The van der Waals surface area contributed by atoms with Crippen LogP contribution >= 0.6 is 23.5 Å². The van der Waals surface area contributed by atoms with Crippen LogP contribution in [-0.4, -0.2) is 110 Å². The average molecular weight is 843 g/mol. The number of hydrogen-bond donors (Lipinski definition) is 8. The van der Waals surface area contributed by atoms with Crippen LogP contribution in [0.3, 0.4) is 0 Å². The maximum Gasteiger partial charge on any atom is 0.478 e. The molecule has 3 fully saturated rings. The summed E-state index contributed by atoms with van der Waals surface area (Å²) in [5.41, 5.74) is 9.91. The maximum atomic E-state index is 12.8. The highest BCUT2D eigenvalue weighted by Crippen LogP contribution is 2.66. The molecule has 4 aromatic heterocycles. The van der Waals surface area contributed by atoms with Gasteiger partial charge in [0.2, 0.25) is 17.7 Å². The number of hydrogen-bond acceptors (Lipinski definition) is 21. The third-order valence-corrected chi connectivity index (χ3v) is 12.7. The number of phosphoric acid groups is 3. The quantitative estimate of drug-likeness (QED) is 0.0509. The van der Waals surface area contributed by atoms with Crippen molar-refractivity contribution in [1.29, 1.82) is 0 Å². The highest BCUT2D eigenvalue weighted by atomic mass is 31.3. The van der Waals surface area contributed by atoms with Crippen molar-refractivity contribution >= 4 is 57.7 Å². The Labute approximate surface area is 305 Å². The fraction of sp³-hybridized carbons (Fsp3) is 0.583. The van der Waals surface area contributed by atoms with Crippen LogP contribution in [-0.2, 0) is 57.4 Å². The molecule has 0 amide bonds. The minimum atomic E-state index is -6.21. The van der Waals surface area contributed by atoms with E-state index in [-0.39, 0.29) is 34.2 Å². The Balaban J connectivity index is 0.978. The number of phosphoric ester groups is 2. The summed E-state index contributed by atoms with van der Waals surface area (Å²) < 4.78 is 82.7. The Hall–Kier alpha value is -3.53. The van der Waals surface area contributed by atoms with Gasteiger partial charge in [-0.05, 0) is 13.8 Å². The molecule has 31 heteroatoms. The smallest absolute Gasteiger partial charge is 0.478 e. The van der Waals surface area contributed by atoms with E-state index in [2.05, 4.69) is 38.1 Å². The molecule has 55 heavy (non-hydrogen) atoms. The van der Waals surface area contributed by atoms with E-state index in [1.165, 1.54) is 15.5 Å². The van der Waals surface area contributed by atoms with Gasteiger partial charge < -0.3 is 55.3 Å². The van der Waals surface area contributed by atoms with E-state index < -0.39 is 103 Å². The Morgan fingerprint density at radius 3 is 2.22 bits per heavy atom. The summed E-state index contributed by atoms with van der Waals surface area (Å²) in [6.45, 7) is 1.19. The van der Waals surface area contributed by atoms with Gasteiger partial charge in [-0.25, -0.2) is 27.3 Å². The van der Waals surface area contributed by atoms with E-state index in [4.69, 9.17) is 34.9 Å². The summed E-state index contributed by atoms with van der Waals surface area (Å²) >= 11 is 0. The first kappa shape index (κ1) is 39.7. The van der Waals surface area contributed by atoms with E-state index in [0.29, 0.717) is 0 Å². The zero-order valence-electron chi connectivity index (χ0n) is 28.4. The lowest BCUT2D eigenvalue weighted by atomic mass is 10.1. The van der Waals surface area contributed by atoms with Crippen LogP contribution in [0.15, 0.2) is 22.2 Å². The van der Waals surface area contributed by atoms with Gasteiger partial charge in [-0.2, -0.15) is 4.98 Å².